The Labute approximate surface area is 139 Å². The number of nitrogens with one attached hydrogen (secondary N) is 1. The van der Waals surface area contributed by atoms with Crippen molar-refractivity contribution >= 4 is 40.7 Å². The maximum absolute atomic E-state index is 12.3. The Morgan fingerprint density at radius 1 is 1.10 bits per heavy atom. The van der Waals surface area contributed by atoms with Crippen LogP contribution >= 0.6 is 34.8 Å². The van der Waals surface area contributed by atoms with Crippen LogP contribution in [0.4, 0.5) is 0 Å². The van der Waals surface area contributed by atoms with Crippen molar-refractivity contribution in [2.45, 2.75) is 12.5 Å². The van der Waals surface area contributed by atoms with Crippen LogP contribution in [0.25, 0.3) is 0 Å². The molecule has 0 aliphatic rings. The van der Waals surface area contributed by atoms with Crippen molar-refractivity contribution in [2.24, 2.45) is 0 Å². The number of carbonyl (C=O) groups is 1. The number of hydrogen-bond donors (Lipinski definition) is 1. The van der Waals surface area contributed by atoms with Crippen molar-refractivity contribution in [2.75, 3.05) is 5.88 Å². The van der Waals surface area contributed by atoms with E-state index in [4.69, 9.17) is 34.8 Å². The second-order valence-electron chi connectivity index (χ2n) is 4.64. The molecular weight excluding hydrogens is 329 g/mol. The fraction of sp³-hybridized carbons (Fsp3) is 0.188. The predicted octanol–water partition coefficient (Wildman–Crippen LogP) is 4.57. The molecular formula is C16H14Cl3NO. The topological polar surface area (TPSA) is 29.1 Å². The number of rotatable bonds is 5. The first-order chi connectivity index (χ1) is 10.1. The van der Waals surface area contributed by atoms with Crippen LogP contribution in [0, 0.1) is 0 Å². The Morgan fingerprint density at radius 3 is 2.48 bits per heavy atom. The molecule has 0 aliphatic heterocycles. The molecule has 1 atom stereocenters. The summed E-state index contributed by atoms with van der Waals surface area (Å²) in [6.07, 6.45) is 0.661. The summed E-state index contributed by atoms with van der Waals surface area (Å²) in [6.45, 7) is 0. The smallest absolute Gasteiger partial charge is 0.253 e. The molecule has 0 aromatic heterocycles. The normalized spacial score (nSPS) is 12.0. The number of hydrogen-bond acceptors (Lipinski definition) is 1. The molecule has 0 radical (unpaired) electrons. The average Bonchev–Trinajstić information content (AvgIpc) is 2.50. The second-order valence-corrected chi connectivity index (χ2v) is 5.79. The lowest BCUT2D eigenvalue weighted by atomic mass is 10.1. The van der Waals surface area contributed by atoms with Gasteiger partial charge in [0.15, 0.2) is 0 Å². The van der Waals surface area contributed by atoms with Gasteiger partial charge in [0.05, 0.1) is 10.6 Å². The van der Waals surface area contributed by atoms with Crippen LogP contribution in [-0.4, -0.2) is 17.8 Å². The number of alkyl halides is 1. The van der Waals surface area contributed by atoms with E-state index in [1.165, 1.54) is 0 Å². The third-order valence-corrected chi connectivity index (χ3v) is 3.96. The fourth-order valence-electron chi connectivity index (χ4n) is 1.98. The van der Waals surface area contributed by atoms with Gasteiger partial charge in [-0.2, -0.15) is 0 Å². The van der Waals surface area contributed by atoms with Gasteiger partial charge in [-0.05, 0) is 30.2 Å². The van der Waals surface area contributed by atoms with E-state index >= 15 is 0 Å². The van der Waals surface area contributed by atoms with Gasteiger partial charge in [-0.15, -0.1) is 11.6 Å². The Balaban J connectivity index is 2.07. The molecule has 0 bridgehead atoms. The van der Waals surface area contributed by atoms with Crippen LogP contribution in [0.2, 0.25) is 10.0 Å². The Morgan fingerprint density at radius 2 is 1.81 bits per heavy atom. The first kappa shape index (κ1) is 16.2. The highest BCUT2D eigenvalue weighted by molar-refractivity contribution is 6.35. The molecule has 0 heterocycles. The standard InChI is InChI=1S/C16H14Cl3NO/c17-10-13(8-11-4-2-1-3-5-11)20-16(21)14-9-12(18)6-7-15(14)19/h1-7,9,13H,8,10H2,(H,20,21). The first-order valence-electron chi connectivity index (χ1n) is 6.46. The van der Waals surface area contributed by atoms with Crippen LogP contribution in [0.1, 0.15) is 15.9 Å². The predicted molar refractivity (Wildman–Crippen MR) is 88.6 cm³/mol. The van der Waals surface area contributed by atoms with E-state index in [1.807, 2.05) is 30.3 Å². The van der Waals surface area contributed by atoms with Crippen LogP contribution in [-0.2, 0) is 6.42 Å². The molecule has 2 nitrogen and oxygen atoms in total. The van der Waals surface area contributed by atoms with Gasteiger partial charge in [-0.3, -0.25) is 4.79 Å². The largest absolute Gasteiger partial charge is 0.348 e. The Bertz CT molecular complexity index is 616. The van der Waals surface area contributed by atoms with E-state index in [0.717, 1.165) is 5.56 Å². The van der Waals surface area contributed by atoms with Crippen LogP contribution < -0.4 is 5.32 Å². The van der Waals surface area contributed by atoms with Crippen LogP contribution in [0.3, 0.4) is 0 Å². The summed E-state index contributed by atoms with van der Waals surface area (Å²) in [5.41, 5.74) is 1.47. The van der Waals surface area contributed by atoms with Crippen molar-refractivity contribution in [3.8, 4) is 0 Å². The van der Waals surface area contributed by atoms with Crippen molar-refractivity contribution < 1.29 is 4.79 Å². The highest BCUT2D eigenvalue weighted by Gasteiger charge is 2.16. The lowest BCUT2D eigenvalue weighted by Crippen LogP contribution is -2.37. The van der Waals surface area contributed by atoms with Gasteiger partial charge in [0.1, 0.15) is 0 Å². The zero-order valence-corrected chi connectivity index (χ0v) is 13.4. The summed E-state index contributed by atoms with van der Waals surface area (Å²) >= 11 is 17.9. The quantitative estimate of drug-likeness (QED) is 0.792. The first-order valence-corrected chi connectivity index (χ1v) is 7.75. The molecule has 2 rings (SSSR count). The van der Waals surface area contributed by atoms with E-state index in [9.17, 15) is 4.79 Å². The van der Waals surface area contributed by atoms with Crippen molar-refractivity contribution in [1.82, 2.24) is 5.32 Å². The van der Waals surface area contributed by atoms with Crippen LogP contribution in [0.15, 0.2) is 48.5 Å². The van der Waals surface area contributed by atoms with Crippen LogP contribution in [0.5, 0.6) is 0 Å². The lowest BCUT2D eigenvalue weighted by Gasteiger charge is -2.17. The molecule has 110 valence electrons. The minimum atomic E-state index is -0.274. The minimum Gasteiger partial charge on any atom is -0.348 e. The molecule has 5 heteroatoms. The number of carbonyl (C=O) groups excluding carboxylic acids is 1. The number of amides is 1. The molecule has 0 aliphatic carbocycles. The summed E-state index contributed by atoms with van der Waals surface area (Å²) in [5.74, 6) is 0.0443. The average molecular weight is 343 g/mol. The lowest BCUT2D eigenvalue weighted by molar-refractivity contribution is 0.0940. The van der Waals surface area contributed by atoms with Gasteiger partial charge < -0.3 is 5.32 Å². The molecule has 1 N–H and O–H groups in total. The minimum absolute atomic E-state index is 0.170. The zero-order chi connectivity index (χ0) is 15.2. The zero-order valence-electron chi connectivity index (χ0n) is 11.2. The highest BCUT2D eigenvalue weighted by atomic mass is 35.5. The fourth-order valence-corrected chi connectivity index (χ4v) is 2.54. The summed E-state index contributed by atoms with van der Waals surface area (Å²) < 4.78 is 0. The molecule has 0 saturated carbocycles. The molecule has 1 unspecified atom stereocenters. The van der Waals surface area contributed by atoms with Gasteiger partial charge in [0.2, 0.25) is 0 Å². The Kier molecular flexibility index (Phi) is 5.92. The summed E-state index contributed by atoms with van der Waals surface area (Å²) in [6, 6.07) is 14.5. The molecule has 21 heavy (non-hydrogen) atoms. The monoisotopic (exact) mass is 341 g/mol. The Hall–Kier alpha value is -1.22. The molecule has 2 aromatic carbocycles. The second kappa shape index (κ2) is 7.69. The third-order valence-electron chi connectivity index (χ3n) is 3.02. The van der Waals surface area contributed by atoms with E-state index in [0.29, 0.717) is 27.9 Å². The van der Waals surface area contributed by atoms with Gasteiger partial charge in [-0.25, -0.2) is 0 Å². The SMILES string of the molecule is O=C(NC(CCl)Cc1ccccc1)c1cc(Cl)ccc1Cl. The molecule has 1 amide bonds. The summed E-state index contributed by atoms with van der Waals surface area (Å²) in [5, 5.41) is 3.72. The molecule has 0 spiro atoms. The number of benzene rings is 2. The van der Waals surface area contributed by atoms with Crippen molar-refractivity contribution in [3.63, 3.8) is 0 Å². The summed E-state index contributed by atoms with van der Waals surface area (Å²) in [4.78, 5) is 12.3. The van der Waals surface area contributed by atoms with E-state index in [-0.39, 0.29) is 11.9 Å². The van der Waals surface area contributed by atoms with Gasteiger partial charge in [0, 0.05) is 16.9 Å². The van der Waals surface area contributed by atoms with Gasteiger partial charge in [0.25, 0.3) is 5.91 Å². The maximum atomic E-state index is 12.3. The molecule has 2 aromatic rings. The van der Waals surface area contributed by atoms with Crippen molar-refractivity contribution in [3.05, 3.63) is 69.7 Å². The van der Waals surface area contributed by atoms with E-state index in [1.54, 1.807) is 18.2 Å². The van der Waals surface area contributed by atoms with Gasteiger partial charge >= 0.3 is 0 Å². The maximum Gasteiger partial charge on any atom is 0.253 e. The van der Waals surface area contributed by atoms with E-state index in [2.05, 4.69) is 5.32 Å². The molecule has 0 fully saturated rings. The molecule has 0 saturated heterocycles. The number of halogens is 3. The highest BCUT2D eigenvalue weighted by Crippen LogP contribution is 2.20. The third kappa shape index (κ3) is 4.63. The van der Waals surface area contributed by atoms with E-state index < -0.39 is 0 Å². The van der Waals surface area contributed by atoms with Crippen molar-refractivity contribution in [1.29, 1.82) is 0 Å². The summed E-state index contributed by atoms with van der Waals surface area (Å²) in [7, 11) is 0. The van der Waals surface area contributed by atoms with Gasteiger partial charge in [-0.1, -0.05) is 53.5 Å².